The first kappa shape index (κ1) is 27.4. The molecular weight excluding hydrogens is 536 g/mol. The minimum absolute atomic E-state index is 0.00435. The number of ketones is 1. The smallest absolute Gasteiger partial charge is 0.250 e. The van der Waals surface area contributed by atoms with Gasteiger partial charge >= 0.3 is 0 Å². The molecule has 3 aliphatic rings. The maximum Gasteiger partial charge on any atom is 0.250 e. The Labute approximate surface area is 243 Å². The number of para-hydroxylation sites is 1. The van der Waals surface area contributed by atoms with Crippen LogP contribution in [-0.4, -0.2) is 58.7 Å². The molecule has 1 amide bonds. The summed E-state index contributed by atoms with van der Waals surface area (Å²) in [6.07, 6.45) is 5.80. The molecule has 4 N–H and O–H groups in total. The number of fused-ring (bicyclic) bond motifs is 4. The topological polar surface area (TPSA) is 129 Å². The fourth-order valence-electron chi connectivity index (χ4n) is 7.08. The summed E-state index contributed by atoms with van der Waals surface area (Å²) in [6.45, 7) is 0.639. The maximum atomic E-state index is 14.2. The highest BCUT2D eigenvalue weighted by Crippen LogP contribution is 2.61. The lowest BCUT2D eigenvalue weighted by atomic mass is 9.69. The first-order chi connectivity index (χ1) is 20.3. The Morgan fingerprint density at radius 1 is 1.02 bits per heavy atom. The molecule has 9 nitrogen and oxygen atoms in total. The van der Waals surface area contributed by atoms with E-state index in [2.05, 4.69) is 10.2 Å². The molecule has 0 radical (unpaired) electrons. The first-order valence-electron chi connectivity index (χ1n) is 13.8. The van der Waals surface area contributed by atoms with Gasteiger partial charge in [0.05, 0.1) is 14.2 Å². The van der Waals surface area contributed by atoms with Crippen molar-refractivity contribution >= 4 is 23.5 Å². The van der Waals surface area contributed by atoms with Gasteiger partial charge in [0, 0.05) is 35.2 Å². The molecule has 2 saturated heterocycles. The summed E-state index contributed by atoms with van der Waals surface area (Å²) in [7, 11) is 2.90. The van der Waals surface area contributed by atoms with Crippen LogP contribution in [0.25, 0.3) is 6.08 Å². The van der Waals surface area contributed by atoms with Gasteiger partial charge < -0.3 is 30.1 Å². The average Bonchev–Trinajstić information content (AvgIpc) is 3.65. The molecule has 3 aliphatic heterocycles. The summed E-state index contributed by atoms with van der Waals surface area (Å²) in [5.41, 5.74) is 1.71. The van der Waals surface area contributed by atoms with Gasteiger partial charge in [0.2, 0.25) is 5.91 Å². The Bertz CT molecular complexity index is 1630. The number of hydrogen-bond acceptors (Lipinski definition) is 8. The van der Waals surface area contributed by atoms with E-state index in [4.69, 9.17) is 9.47 Å². The van der Waals surface area contributed by atoms with E-state index >= 15 is 0 Å². The van der Waals surface area contributed by atoms with Crippen LogP contribution in [0.2, 0.25) is 0 Å². The van der Waals surface area contributed by atoms with E-state index in [-0.39, 0.29) is 46.5 Å². The molecular formula is C33H32N2O7. The van der Waals surface area contributed by atoms with Crippen molar-refractivity contribution in [3.05, 3.63) is 95.3 Å². The number of amides is 1. The van der Waals surface area contributed by atoms with Crippen molar-refractivity contribution in [2.24, 2.45) is 5.92 Å². The molecule has 2 fully saturated rings. The van der Waals surface area contributed by atoms with Gasteiger partial charge in [-0.25, -0.2) is 0 Å². The molecule has 0 aromatic heterocycles. The van der Waals surface area contributed by atoms with Crippen molar-refractivity contribution in [2.75, 3.05) is 26.1 Å². The number of aliphatic hydroxyl groups is 1. The van der Waals surface area contributed by atoms with Crippen LogP contribution in [0, 0.1) is 5.92 Å². The third-order valence-corrected chi connectivity index (χ3v) is 8.74. The Hall–Kier alpha value is -4.76. The molecule has 4 atom stereocenters. The molecule has 3 heterocycles. The quantitative estimate of drug-likeness (QED) is 0.181. The van der Waals surface area contributed by atoms with Crippen molar-refractivity contribution in [3.8, 4) is 23.0 Å². The van der Waals surface area contributed by atoms with Gasteiger partial charge in [0.25, 0.3) is 0 Å². The lowest BCUT2D eigenvalue weighted by Gasteiger charge is -2.37. The van der Waals surface area contributed by atoms with Crippen LogP contribution in [0.15, 0.2) is 78.6 Å². The second-order valence-electron chi connectivity index (χ2n) is 10.8. The Balaban J connectivity index is 1.45. The number of rotatable bonds is 7. The van der Waals surface area contributed by atoms with Gasteiger partial charge in [-0.1, -0.05) is 36.4 Å². The zero-order chi connectivity index (χ0) is 29.6. The highest BCUT2D eigenvalue weighted by molar-refractivity contribution is 6.08. The normalized spacial score (nSPS) is 25.0. The fourth-order valence-corrected chi connectivity index (χ4v) is 7.08. The number of allylic oxidation sites excluding steroid dienone is 2. The van der Waals surface area contributed by atoms with Crippen molar-refractivity contribution in [2.45, 2.75) is 30.3 Å². The highest BCUT2D eigenvalue weighted by Gasteiger charge is 2.68. The summed E-state index contributed by atoms with van der Waals surface area (Å²) in [4.78, 5) is 30.4. The minimum atomic E-state index is -1.15. The number of carbonyl (C=O) groups is 2. The fraction of sp³-hybridized carbons (Fsp3) is 0.273. The standard InChI is InChI=1S/C33H32N2O7/c1-41-28-16-19(10-13-25(28)37)9-12-21(36)18-27(39)30-24-8-5-15-35(24)33(22-6-3-4-7-23(22)34-32(33)40)31(30)20-11-14-26(38)29(17-20)42-2/h3-4,6-7,9-14,16-18,24,30-31,36-38H,5,8,15H2,1-2H3,(H,34,40). The number of nitrogens with one attached hydrogen (secondary N) is 1. The number of nitrogens with zero attached hydrogens (tertiary/aromatic N) is 1. The molecule has 3 aromatic rings. The van der Waals surface area contributed by atoms with Gasteiger partial charge in [-0.05, 0) is 66.9 Å². The number of phenols is 2. The van der Waals surface area contributed by atoms with Gasteiger partial charge in [-0.15, -0.1) is 0 Å². The van der Waals surface area contributed by atoms with E-state index in [9.17, 15) is 24.9 Å². The zero-order valence-corrected chi connectivity index (χ0v) is 23.3. The predicted molar refractivity (Wildman–Crippen MR) is 157 cm³/mol. The summed E-state index contributed by atoms with van der Waals surface area (Å²) in [6, 6.07) is 17.0. The summed E-state index contributed by atoms with van der Waals surface area (Å²) >= 11 is 0. The van der Waals surface area contributed by atoms with Crippen molar-refractivity contribution in [1.82, 2.24) is 4.90 Å². The van der Waals surface area contributed by atoms with Crippen molar-refractivity contribution in [3.63, 3.8) is 0 Å². The molecule has 9 heteroatoms. The van der Waals surface area contributed by atoms with Gasteiger partial charge in [-0.3, -0.25) is 14.5 Å². The monoisotopic (exact) mass is 568 g/mol. The summed E-state index contributed by atoms with van der Waals surface area (Å²) < 4.78 is 10.6. The largest absolute Gasteiger partial charge is 0.508 e. The highest BCUT2D eigenvalue weighted by atomic mass is 16.5. The van der Waals surface area contributed by atoms with Crippen LogP contribution in [0.3, 0.4) is 0 Å². The summed E-state index contributed by atoms with van der Waals surface area (Å²) in [5, 5.41) is 34.1. The molecule has 3 aromatic carbocycles. The number of benzene rings is 3. The molecule has 42 heavy (non-hydrogen) atoms. The third-order valence-electron chi connectivity index (χ3n) is 8.74. The molecule has 0 bridgehead atoms. The number of methoxy groups -OCH3 is 2. The van der Waals surface area contributed by atoms with E-state index in [0.29, 0.717) is 23.4 Å². The lowest BCUT2D eigenvalue weighted by Crippen LogP contribution is -2.50. The molecule has 6 rings (SSSR count). The van der Waals surface area contributed by atoms with Crippen LogP contribution >= 0.6 is 0 Å². The van der Waals surface area contributed by atoms with Crippen LogP contribution in [0.1, 0.15) is 35.4 Å². The SMILES string of the molecule is COc1cc(C=CC(O)=CC(=O)C2C3CCCN3C3(C(=O)Nc4ccccc43)C2c2ccc(O)c(OC)c2)ccc1O. The van der Waals surface area contributed by atoms with E-state index in [0.717, 1.165) is 18.4 Å². The van der Waals surface area contributed by atoms with Gasteiger partial charge in [0.1, 0.15) is 11.3 Å². The predicted octanol–water partition coefficient (Wildman–Crippen LogP) is 4.86. The number of phenolic OH excluding ortho intramolecular Hbond substituents is 2. The third kappa shape index (κ3) is 4.19. The van der Waals surface area contributed by atoms with Crippen molar-refractivity contribution < 1.29 is 34.4 Å². The molecule has 0 aliphatic carbocycles. The Morgan fingerprint density at radius 2 is 1.74 bits per heavy atom. The van der Waals surface area contributed by atoms with E-state index in [1.165, 1.54) is 38.5 Å². The van der Waals surface area contributed by atoms with E-state index < -0.39 is 17.4 Å². The summed E-state index contributed by atoms with van der Waals surface area (Å²) in [5.74, 6) is -1.53. The Kier molecular flexibility index (Phi) is 6.90. The van der Waals surface area contributed by atoms with Crippen molar-refractivity contribution in [1.29, 1.82) is 0 Å². The number of hydrogen-bond donors (Lipinski definition) is 4. The number of carbonyl (C=O) groups excluding carboxylic acids is 2. The average molecular weight is 569 g/mol. The van der Waals surface area contributed by atoms with Gasteiger partial charge in [0.15, 0.2) is 28.8 Å². The minimum Gasteiger partial charge on any atom is -0.508 e. The van der Waals surface area contributed by atoms with Gasteiger partial charge in [-0.2, -0.15) is 0 Å². The van der Waals surface area contributed by atoms with Crippen LogP contribution in [0.5, 0.6) is 23.0 Å². The Morgan fingerprint density at radius 3 is 2.50 bits per heavy atom. The lowest BCUT2D eigenvalue weighted by molar-refractivity contribution is -0.127. The van der Waals surface area contributed by atoms with E-state index in [1.807, 2.05) is 24.3 Å². The van der Waals surface area contributed by atoms with E-state index in [1.54, 1.807) is 30.3 Å². The molecule has 216 valence electrons. The van der Waals surface area contributed by atoms with Crippen LogP contribution < -0.4 is 14.8 Å². The first-order valence-corrected chi connectivity index (χ1v) is 13.8. The molecule has 0 saturated carbocycles. The molecule has 1 spiro atoms. The number of aliphatic hydroxyl groups excluding tert-OH is 1. The van der Waals surface area contributed by atoms with Crippen LogP contribution in [-0.2, 0) is 15.1 Å². The zero-order valence-electron chi connectivity index (χ0n) is 23.3. The number of ether oxygens (including phenoxy) is 2. The second-order valence-corrected chi connectivity index (χ2v) is 10.8. The number of anilines is 1. The number of aromatic hydroxyl groups is 2. The maximum absolute atomic E-state index is 14.2. The molecule has 4 unspecified atom stereocenters. The van der Waals surface area contributed by atoms with Crippen LogP contribution in [0.4, 0.5) is 5.69 Å². The second kappa shape index (κ2) is 10.6.